The molecule has 0 amide bonds. The Morgan fingerprint density at radius 3 is 2.65 bits per heavy atom. The molecule has 2 heterocycles. The first-order valence-corrected chi connectivity index (χ1v) is 9.53. The van der Waals surface area contributed by atoms with Gasteiger partial charge in [0, 0.05) is 41.3 Å². The molecule has 0 N–H and O–H groups in total. The first-order valence-electron chi connectivity index (χ1n) is 8.40. The molecule has 0 saturated heterocycles. The molecule has 1 unspecified atom stereocenters. The van der Waals surface area contributed by atoms with Gasteiger partial charge >= 0.3 is 0 Å². The molecule has 2 aromatic carbocycles. The molecule has 0 aliphatic carbocycles. The van der Waals surface area contributed by atoms with Crippen LogP contribution in [0.5, 0.6) is 5.75 Å². The van der Waals surface area contributed by atoms with Gasteiger partial charge in [0.05, 0.1) is 10.3 Å². The van der Waals surface area contributed by atoms with Crippen LogP contribution in [0.4, 0.5) is 11.4 Å². The summed E-state index contributed by atoms with van der Waals surface area (Å²) >= 11 is 3.45. The van der Waals surface area contributed by atoms with Crippen molar-refractivity contribution >= 4 is 33.4 Å². The van der Waals surface area contributed by atoms with Crippen molar-refractivity contribution in [2.45, 2.75) is 30.3 Å². The maximum absolute atomic E-state index is 11.2. The Kier molecular flexibility index (Phi) is 3.67. The lowest BCUT2D eigenvalue weighted by molar-refractivity contribution is -0.385. The molecular formula is C20H19BrN2O3. The third kappa shape index (κ3) is 2.08. The smallest absolute Gasteiger partial charge is 0.270 e. The van der Waals surface area contributed by atoms with Gasteiger partial charge in [-0.2, -0.15) is 0 Å². The molecule has 1 atom stereocenters. The number of para-hydroxylation sites is 1. The Labute approximate surface area is 160 Å². The summed E-state index contributed by atoms with van der Waals surface area (Å²) in [5, 5.41) is 11.7. The van der Waals surface area contributed by atoms with Gasteiger partial charge in [-0.3, -0.25) is 10.1 Å². The van der Waals surface area contributed by atoms with E-state index < -0.39 is 5.72 Å². The van der Waals surface area contributed by atoms with Crippen LogP contribution in [0.25, 0.3) is 6.08 Å². The molecule has 6 heteroatoms. The molecule has 0 fully saturated rings. The number of nitro groups is 1. The number of hydrogen-bond donors (Lipinski definition) is 0. The second-order valence-electron chi connectivity index (χ2n) is 7.25. The minimum atomic E-state index is -0.684. The summed E-state index contributed by atoms with van der Waals surface area (Å²) in [4.78, 5) is 13.0. The number of benzene rings is 2. The van der Waals surface area contributed by atoms with Gasteiger partial charge < -0.3 is 9.64 Å². The van der Waals surface area contributed by atoms with Crippen LogP contribution in [-0.2, 0) is 10.7 Å². The number of nitrogens with zero attached hydrogens (tertiary/aromatic N) is 2. The van der Waals surface area contributed by atoms with Crippen LogP contribution in [0.3, 0.4) is 0 Å². The van der Waals surface area contributed by atoms with Gasteiger partial charge in [-0.25, -0.2) is 0 Å². The third-order valence-corrected chi connectivity index (χ3v) is 6.22. The fraction of sp³-hybridized carbons (Fsp3) is 0.300. The van der Waals surface area contributed by atoms with Crippen molar-refractivity contribution in [3.05, 3.63) is 69.3 Å². The standard InChI is InChI=1S/C20H19BrN2O3/c1-19(2)16-6-4-5-7-17(16)22(3)20(19)9-8-13-10-15(23(24)25)11-14(12-21)18(13)26-20/h4-11H,12H2,1-3H3. The summed E-state index contributed by atoms with van der Waals surface area (Å²) in [7, 11) is 2.03. The van der Waals surface area contributed by atoms with E-state index in [1.165, 1.54) is 5.56 Å². The molecule has 134 valence electrons. The number of rotatable bonds is 2. The Balaban J connectivity index is 1.89. The molecule has 2 aromatic rings. The van der Waals surface area contributed by atoms with Gasteiger partial charge in [-0.1, -0.05) is 34.1 Å². The predicted octanol–water partition coefficient (Wildman–Crippen LogP) is 5.02. The van der Waals surface area contributed by atoms with Crippen LogP contribution >= 0.6 is 15.9 Å². The molecule has 0 aromatic heterocycles. The molecule has 2 aliphatic heterocycles. The van der Waals surface area contributed by atoms with E-state index in [4.69, 9.17) is 4.74 Å². The summed E-state index contributed by atoms with van der Waals surface area (Å²) in [5.74, 6) is 0.697. The largest absolute Gasteiger partial charge is 0.462 e. The highest BCUT2D eigenvalue weighted by Gasteiger charge is 2.57. The van der Waals surface area contributed by atoms with Crippen molar-refractivity contribution < 1.29 is 9.66 Å². The van der Waals surface area contributed by atoms with Crippen molar-refractivity contribution in [2.24, 2.45) is 0 Å². The number of fused-ring (bicyclic) bond motifs is 2. The normalized spacial score (nSPS) is 22.1. The average molecular weight is 415 g/mol. The van der Waals surface area contributed by atoms with Crippen LogP contribution in [-0.4, -0.2) is 17.7 Å². The molecule has 0 saturated carbocycles. The minimum absolute atomic E-state index is 0.0738. The number of ether oxygens (including phenoxy) is 1. The highest BCUT2D eigenvalue weighted by Crippen LogP contribution is 2.54. The Morgan fingerprint density at radius 1 is 1.27 bits per heavy atom. The van der Waals surface area contributed by atoms with Crippen molar-refractivity contribution in [1.29, 1.82) is 0 Å². The molecular weight excluding hydrogens is 396 g/mol. The molecule has 5 nitrogen and oxygen atoms in total. The quantitative estimate of drug-likeness (QED) is 0.393. The second-order valence-corrected chi connectivity index (χ2v) is 7.81. The van der Waals surface area contributed by atoms with Crippen molar-refractivity contribution in [3.8, 4) is 5.75 Å². The monoisotopic (exact) mass is 414 g/mol. The lowest BCUT2D eigenvalue weighted by Crippen LogP contribution is -2.58. The van der Waals surface area contributed by atoms with E-state index in [1.54, 1.807) is 12.1 Å². The maximum Gasteiger partial charge on any atom is 0.270 e. The molecule has 0 bridgehead atoms. The van der Waals surface area contributed by atoms with Crippen molar-refractivity contribution in [1.82, 2.24) is 0 Å². The molecule has 26 heavy (non-hydrogen) atoms. The number of non-ortho nitro benzene ring substituents is 1. The average Bonchev–Trinajstić information content (AvgIpc) is 2.80. The van der Waals surface area contributed by atoms with Crippen molar-refractivity contribution in [3.63, 3.8) is 0 Å². The van der Waals surface area contributed by atoms with Gasteiger partial charge in [-0.05, 0) is 37.6 Å². The summed E-state index contributed by atoms with van der Waals surface area (Å²) in [6, 6.07) is 11.4. The number of hydrogen-bond acceptors (Lipinski definition) is 4. The van der Waals surface area contributed by atoms with E-state index in [2.05, 4.69) is 46.8 Å². The van der Waals surface area contributed by atoms with E-state index in [1.807, 2.05) is 31.3 Å². The summed E-state index contributed by atoms with van der Waals surface area (Å²) in [6.07, 6.45) is 3.97. The van der Waals surface area contributed by atoms with Crippen LogP contribution in [0.2, 0.25) is 0 Å². The molecule has 4 rings (SSSR count). The van der Waals surface area contributed by atoms with Gasteiger partial charge in [0.25, 0.3) is 5.69 Å². The molecule has 0 radical (unpaired) electrons. The number of halogens is 1. The highest BCUT2D eigenvalue weighted by atomic mass is 79.9. The Hall–Kier alpha value is -2.34. The topological polar surface area (TPSA) is 55.6 Å². The van der Waals surface area contributed by atoms with Crippen LogP contribution in [0.15, 0.2) is 42.5 Å². The van der Waals surface area contributed by atoms with Gasteiger partial charge in [0.2, 0.25) is 5.72 Å². The summed E-state index contributed by atoms with van der Waals surface area (Å²) < 4.78 is 6.63. The van der Waals surface area contributed by atoms with Gasteiger partial charge in [-0.15, -0.1) is 0 Å². The number of alkyl halides is 1. The van der Waals surface area contributed by atoms with E-state index in [0.29, 0.717) is 11.1 Å². The van der Waals surface area contributed by atoms with Gasteiger partial charge in [0.1, 0.15) is 5.75 Å². The maximum atomic E-state index is 11.2. The first kappa shape index (κ1) is 17.1. The van der Waals surface area contributed by atoms with E-state index in [-0.39, 0.29) is 16.0 Å². The highest BCUT2D eigenvalue weighted by molar-refractivity contribution is 9.08. The number of nitro benzene ring substituents is 1. The third-order valence-electron chi connectivity index (χ3n) is 5.61. The minimum Gasteiger partial charge on any atom is -0.462 e. The zero-order chi connectivity index (χ0) is 18.7. The predicted molar refractivity (Wildman–Crippen MR) is 106 cm³/mol. The zero-order valence-corrected chi connectivity index (χ0v) is 16.4. The van der Waals surface area contributed by atoms with Gasteiger partial charge in [0.15, 0.2) is 0 Å². The first-order chi connectivity index (χ1) is 12.3. The lowest BCUT2D eigenvalue weighted by atomic mass is 9.76. The fourth-order valence-electron chi connectivity index (χ4n) is 4.14. The number of likely N-dealkylation sites (N-methyl/N-ethyl adjacent to an activating group) is 1. The van der Waals surface area contributed by atoms with Crippen molar-refractivity contribution in [2.75, 3.05) is 11.9 Å². The SMILES string of the molecule is CN1c2ccccc2C(C)(C)C12C=Cc1cc([N+](=O)[O-])cc(CBr)c1O2. The summed E-state index contributed by atoms with van der Waals surface area (Å²) in [6.45, 7) is 4.34. The Morgan fingerprint density at radius 2 is 2.00 bits per heavy atom. The molecule has 2 aliphatic rings. The Bertz CT molecular complexity index is 954. The summed E-state index contributed by atoms with van der Waals surface area (Å²) in [5.41, 5.74) is 2.96. The van der Waals surface area contributed by atoms with Crippen LogP contribution in [0.1, 0.15) is 30.5 Å². The zero-order valence-electron chi connectivity index (χ0n) is 14.8. The number of anilines is 1. The van der Waals surface area contributed by atoms with Crippen LogP contribution in [0, 0.1) is 10.1 Å². The van der Waals surface area contributed by atoms with E-state index in [9.17, 15) is 10.1 Å². The lowest BCUT2D eigenvalue weighted by Gasteiger charge is -2.46. The van der Waals surface area contributed by atoms with E-state index >= 15 is 0 Å². The van der Waals surface area contributed by atoms with E-state index in [0.717, 1.165) is 16.8 Å². The van der Waals surface area contributed by atoms with Crippen LogP contribution < -0.4 is 9.64 Å². The second kappa shape index (κ2) is 5.58. The fourth-order valence-corrected chi connectivity index (χ4v) is 4.56. The molecule has 1 spiro atoms.